The van der Waals surface area contributed by atoms with Crippen molar-refractivity contribution in [3.8, 4) is 0 Å². The molecular weight excluding hydrogens is 298 g/mol. The molecule has 0 aliphatic carbocycles. The summed E-state index contributed by atoms with van der Waals surface area (Å²) in [6.07, 6.45) is 4.84. The number of nitrogens with zero attached hydrogens (tertiary/aromatic N) is 1. The van der Waals surface area contributed by atoms with E-state index in [2.05, 4.69) is 10.2 Å². The zero-order valence-electron chi connectivity index (χ0n) is 12.7. The van der Waals surface area contributed by atoms with Crippen LogP contribution < -0.4 is 11.1 Å². The van der Waals surface area contributed by atoms with Gasteiger partial charge in [0.1, 0.15) is 0 Å². The SMILES string of the molecule is NC(=O)CSc1ccccc1NC(=O)CN1CCCCCC1. The zero-order chi connectivity index (χ0) is 15.8. The molecule has 0 radical (unpaired) electrons. The Morgan fingerprint density at radius 2 is 1.82 bits per heavy atom. The molecule has 0 aromatic heterocycles. The Morgan fingerprint density at radius 3 is 2.50 bits per heavy atom. The molecule has 5 nitrogen and oxygen atoms in total. The molecule has 1 aromatic rings. The standard InChI is InChI=1S/C16H23N3O2S/c17-15(20)12-22-14-8-4-3-7-13(14)18-16(21)11-19-9-5-1-2-6-10-19/h3-4,7-8H,1-2,5-6,9-12H2,(H2,17,20)(H,18,21). The highest BCUT2D eigenvalue weighted by Gasteiger charge is 2.14. The fraction of sp³-hybridized carbons (Fsp3) is 0.500. The van der Waals surface area contributed by atoms with Crippen LogP contribution in [-0.4, -0.2) is 42.1 Å². The van der Waals surface area contributed by atoms with Crippen LogP contribution in [-0.2, 0) is 9.59 Å². The van der Waals surface area contributed by atoms with Gasteiger partial charge < -0.3 is 11.1 Å². The second-order valence-electron chi connectivity index (χ2n) is 5.49. The maximum atomic E-state index is 12.2. The van der Waals surface area contributed by atoms with E-state index in [4.69, 9.17) is 5.73 Å². The van der Waals surface area contributed by atoms with E-state index in [1.807, 2.05) is 24.3 Å². The number of nitrogens with one attached hydrogen (secondary N) is 1. The Morgan fingerprint density at radius 1 is 1.14 bits per heavy atom. The number of rotatable bonds is 6. The van der Waals surface area contributed by atoms with Crippen LogP contribution in [0.1, 0.15) is 25.7 Å². The summed E-state index contributed by atoms with van der Waals surface area (Å²) in [7, 11) is 0. The van der Waals surface area contributed by atoms with E-state index in [9.17, 15) is 9.59 Å². The number of benzene rings is 1. The quantitative estimate of drug-likeness (QED) is 0.787. The molecule has 1 fully saturated rings. The second kappa shape index (κ2) is 8.80. The van der Waals surface area contributed by atoms with Gasteiger partial charge in [0.2, 0.25) is 11.8 Å². The molecule has 1 saturated heterocycles. The van der Waals surface area contributed by atoms with Crippen molar-refractivity contribution in [2.75, 3.05) is 30.7 Å². The highest BCUT2D eigenvalue weighted by Crippen LogP contribution is 2.26. The topological polar surface area (TPSA) is 75.4 Å². The monoisotopic (exact) mass is 321 g/mol. The smallest absolute Gasteiger partial charge is 0.238 e. The van der Waals surface area contributed by atoms with Gasteiger partial charge in [-0.3, -0.25) is 14.5 Å². The van der Waals surface area contributed by atoms with Gasteiger partial charge in [-0.1, -0.05) is 25.0 Å². The lowest BCUT2D eigenvalue weighted by Crippen LogP contribution is -2.34. The van der Waals surface area contributed by atoms with E-state index in [1.165, 1.54) is 37.4 Å². The summed E-state index contributed by atoms with van der Waals surface area (Å²) in [5, 5.41) is 2.95. The molecule has 22 heavy (non-hydrogen) atoms. The van der Waals surface area contributed by atoms with Crippen molar-refractivity contribution in [2.45, 2.75) is 30.6 Å². The Balaban J connectivity index is 1.91. The Labute approximate surface area is 135 Å². The van der Waals surface area contributed by atoms with Gasteiger partial charge in [-0.05, 0) is 38.1 Å². The Bertz CT molecular complexity index is 514. The number of thioether (sulfide) groups is 1. The predicted molar refractivity (Wildman–Crippen MR) is 89.9 cm³/mol. The average Bonchev–Trinajstić information content (AvgIpc) is 2.75. The van der Waals surface area contributed by atoms with Gasteiger partial charge in [0.25, 0.3) is 0 Å². The molecule has 0 unspecified atom stereocenters. The number of primary amides is 1. The van der Waals surface area contributed by atoms with Crippen molar-refractivity contribution in [3.63, 3.8) is 0 Å². The number of nitrogens with two attached hydrogens (primary N) is 1. The van der Waals surface area contributed by atoms with E-state index in [0.29, 0.717) is 6.54 Å². The van der Waals surface area contributed by atoms with Gasteiger partial charge in [0.15, 0.2) is 0 Å². The number of hydrogen-bond donors (Lipinski definition) is 2. The van der Waals surface area contributed by atoms with Crippen molar-refractivity contribution in [3.05, 3.63) is 24.3 Å². The fourth-order valence-corrected chi connectivity index (χ4v) is 3.28. The van der Waals surface area contributed by atoms with Crippen LogP contribution in [0.3, 0.4) is 0 Å². The molecule has 1 aliphatic rings. The molecule has 0 atom stereocenters. The van der Waals surface area contributed by atoms with Crippen LogP contribution in [0.4, 0.5) is 5.69 Å². The first-order chi connectivity index (χ1) is 10.6. The van der Waals surface area contributed by atoms with Crippen molar-refractivity contribution >= 4 is 29.3 Å². The first-order valence-corrected chi connectivity index (χ1v) is 8.66. The number of hydrogen-bond acceptors (Lipinski definition) is 4. The molecule has 0 bridgehead atoms. The van der Waals surface area contributed by atoms with Crippen LogP contribution in [0.25, 0.3) is 0 Å². The normalized spacial score (nSPS) is 16.0. The zero-order valence-corrected chi connectivity index (χ0v) is 13.5. The van der Waals surface area contributed by atoms with Gasteiger partial charge in [-0.2, -0.15) is 0 Å². The molecule has 120 valence electrons. The van der Waals surface area contributed by atoms with Crippen LogP contribution in [0.15, 0.2) is 29.2 Å². The van der Waals surface area contributed by atoms with Crippen LogP contribution in [0.5, 0.6) is 0 Å². The van der Waals surface area contributed by atoms with Gasteiger partial charge in [0.05, 0.1) is 18.0 Å². The van der Waals surface area contributed by atoms with E-state index in [1.54, 1.807) is 0 Å². The Hall–Kier alpha value is -1.53. The third kappa shape index (κ3) is 5.69. The Kier molecular flexibility index (Phi) is 6.74. The largest absolute Gasteiger partial charge is 0.369 e. The third-order valence-electron chi connectivity index (χ3n) is 3.60. The molecule has 0 spiro atoms. The summed E-state index contributed by atoms with van der Waals surface area (Å²) in [5.74, 6) is -0.163. The van der Waals surface area contributed by atoms with Gasteiger partial charge in [0, 0.05) is 4.90 Å². The molecule has 3 N–H and O–H groups in total. The van der Waals surface area contributed by atoms with Crippen molar-refractivity contribution < 1.29 is 9.59 Å². The highest BCUT2D eigenvalue weighted by atomic mass is 32.2. The van der Waals surface area contributed by atoms with E-state index >= 15 is 0 Å². The molecule has 1 heterocycles. The number of likely N-dealkylation sites (tertiary alicyclic amines) is 1. The summed E-state index contributed by atoms with van der Waals surface area (Å²) in [6.45, 7) is 2.41. The molecule has 0 saturated carbocycles. The lowest BCUT2D eigenvalue weighted by molar-refractivity contribution is -0.117. The molecule has 1 aromatic carbocycles. The van der Waals surface area contributed by atoms with E-state index < -0.39 is 0 Å². The lowest BCUT2D eigenvalue weighted by Gasteiger charge is -2.19. The highest BCUT2D eigenvalue weighted by molar-refractivity contribution is 8.00. The maximum absolute atomic E-state index is 12.2. The molecule has 6 heteroatoms. The number of amides is 2. The predicted octanol–water partition coefficient (Wildman–Crippen LogP) is 2.08. The van der Waals surface area contributed by atoms with E-state index in [-0.39, 0.29) is 17.6 Å². The minimum absolute atomic E-state index is 0.00553. The third-order valence-corrected chi connectivity index (χ3v) is 4.69. The number of carbonyl (C=O) groups is 2. The lowest BCUT2D eigenvalue weighted by atomic mass is 10.2. The second-order valence-corrected chi connectivity index (χ2v) is 6.51. The number of para-hydroxylation sites is 1. The average molecular weight is 321 g/mol. The van der Waals surface area contributed by atoms with Gasteiger partial charge >= 0.3 is 0 Å². The molecule has 2 rings (SSSR count). The van der Waals surface area contributed by atoms with Gasteiger partial charge in [-0.15, -0.1) is 11.8 Å². The van der Waals surface area contributed by atoms with Crippen LogP contribution in [0.2, 0.25) is 0 Å². The first kappa shape index (κ1) is 16.8. The molecule has 2 amide bonds. The maximum Gasteiger partial charge on any atom is 0.238 e. The van der Waals surface area contributed by atoms with Crippen LogP contribution in [0, 0.1) is 0 Å². The first-order valence-electron chi connectivity index (χ1n) is 7.67. The molecular formula is C16H23N3O2S. The summed E-state index contributed by atoms with van der Waals surface area (Å²) in [4.78, 5) is 26.2. The minimum atomic E-state index is -0.365. The summed E-state index contributed by atoms with van der Waals surface area (Å²) >= 11 is 1.34. The molecule has 1 aliphatic heterocycles. The van der Waals surface area contributed by atoms with Crippen molar-refractivity contribution in [2.24, 2.45) is 5.73 Å². The summed E-state index contributed by atoms with van der Waals surface area (Å²) in [6, 6.07) is 7.49. The minimum Gasteiger partial charge on any atom is -0.369 e. The summed E-state index contributed by atoms with van der Waals surface area (Å²) in [5.41, 5.74) is 5.92. The number of anilines is 1. The van der Waals surface area contributed by atoms with Gasteiger partial charge in [-0.25, -0.2) is 0 Å². The van der Waals surface area contributed by atoms with Crippen molar-refractivity contribution in [1.82, 2.24) is 4.90 Å². The van der Waals surface area contributed by atoms with E-state index in [0.717, 1.165) is 23.7 Å². The number of carbonyl (C=O) groups excluding carboxylic acids is 2. The van der Waals surface area contributed by atoms with Crippen LogP contribution >= 0.6 is 11.8 Å². The summed E-state index contributed by atoms with van der Waals surface area (Å²) < 4.78 is 0. The fourth-order valence-electron chi connectivity index (χ4n) is 2.53. The van der Waals surface area contributed by atoms with Crippen molar-refractivity contribution in [1.29, 1.82) is 0 Å².